The average Bonchev–Trinajstić information content (AvgIpc) is 2.95. The van der Waals surface area contributed by atoms with Crippen LogP contribution in [0.3, 0.4) is 0 Å². The lowest BCUT2D eigenvalue weighted by molar-refractivity contribution is -0.384. The third-order valence-corrected chi connectivity index (χ3v) is 3.97. The fourth-order valence-electron chi connectivity index (χ4n) is 1.99. The zero-order valence-corrected chi connectivity index (χ0v) is 12.8. The molecule has 2 N–H and O–H groups in total. The third-order valence-electron chi connectivity index (χ3n) is 3.04. The second-order valence-electron chi connectivity index (χ2n) is 4.67. The van der Waals surface area contributed by atoms with E-state index in [2.05, 4.69) is 20.5 Å². The molecule has 0 saturated carbocycles. The van der Waals surface area contributed by atoms with Gasteiger partial charge >= 0.3 is 6.03 Å². The van der Waals surface area contributed by atoms with E-state index in [4.69, 9.17) is 6.57 Å². The van der Waals surface area contributed by atoms with Crippen molar-refractivity contribution >= 4 is 49.8 Å². The zero-order valence-electron chi connectivity index (χ0n) is 12.0. The van der Waals surface area contributed by atoms with Gasteiger partial charge in [-0.1, -0.05) is 23.5 Å². The van der Waals surface area contributed by atoms with Crippen LogP contribution in [0.2, 0.25) is 0 Å². The van der Waals surface area contributed by atoms with E-state index in [1.807, 2.05) is 0 Å². The summed E-state index contributed by atoms with van der Waals surface area (Å²) in [6.07, 6.45) is 0. The highest BCUT2D eigenvalue weighted by Gasteiger charge is 2.10. The van der Waals surface area contributed by atoms with Gasteiger partial charge in [0, 0.05) is 22.5 Å². The van der Waals surface area contributed by atoms with Gasteiger partial charge in [0.25, 0.3) is 5.69 Å². The predicted molar refractivity (Wildman–Crippen MR) is 91.6 cm³/mol. The molecule has 0 aliphatic rings. The molecule has 0 bridgehead atoms. The molecule has 2 amide bonds. The van der Waals surface area contributed by atoms with Crippen LogP contribution in [0, 0.1) is 16.7 Å². The van der Waals surface area contributed by atoms with E-state index in [1.165, 1.54) is 29.5 Å². The van der Waals surface area contributed by atoms with Crippen molar-refractivity contribution in [3.8, 4) is 0 Å². The largest absolute Gasteiger partial charge is 0.325 e. The van der Waals surface area contributed by atoms with Crippen LogP contribution in [0.15, 0.2) is 42.5 Å². The Balaban J connectivity index is 1.74. The molecule has 0 saturated heterocycles. The molecule has 3 rings (SSSR count). The van der Waals surface area contributed by atoms with Gasteiger partial charge in [-0.15, -0.1) is 0 Å². The number of aromatic nitrogens is 1. The van der Waals surface area contributed by atoms with E-state index < -0.39 is 11.0 Å². The first-order valence-electron chi connectivity index (χ1n) is 6.65. The quantitative estimate of drug-likeness (QED) is 0.419. The molecule has 0 fully saturated rings. The van der Waals surface area contributed by atoms with Gasteiger partial charge in [-0.05, 0) is 18.2 Å². The molecule has 0 atom stereocenters. The van der Waals surface area contributed by atoms with Crippen molar-refractivity contribution in [2.75, 3.05) is 10.6 Å². The molecule has 1 heterocycles. The maximum Gasteiger partial charge on any atom is 0.325 e. The minimum atomic E-state index is -0.556. The lowest BCUT2D eigenvalue weighted by Gasteiger charge is -2.04. The van der Waals surface area contributed by atoms with E-state index in [0.29, 0.717) is 22.0 Å². The number of nitrogens with one attached hydrogen (secondary N) is 2. The number of non-ortho nitro benzene ring substituents is 1. The van der Waals surface area contributed by atoms with Crippen LogP contribution >= 0.6 is 11.3 Å². The van der Waals surface area contributed by atoms with Crippen molar-refractivity contribution < 1.29 is 9.72 Å². The van der Waals surface area contributed by atoms with Gasteiger partial charge in [0.1, 0.15) is 0 Å². The molecular weight excluding hydrogens is 330 g/mol. The highest BCUT2D eigenvalue weighted by Crippen LogP contribution is 2.29. The first-order valence-corrected chi connectivity index (χ1v) is 7.47. The lowest BCUT2D eigenvalue weighted by atomic mass is 10.3. The van der Waals surface area contributed by atoms with Gasteiger partial charge in [-0.3, -0.25) is 15.4 Å². The lowest BCUT2D eigenvalue weighted by Crippen LogP contribution is -2.19. The van der Waals surface area contributed by atoms with Crippen LogP contribution in [0.5, 0.6) is 0 Å². The van der Waals surface area contributed by atoms with Crippen LogP contribution in [-0.2, 0) is 0 Å². The van der Waals surface area contributed by atoms with Crippen molar-refractivity contribution in [1.29, 1.82) is 0 Å². The molecule has 3 aromatic rings. The van der Waals surface area contributed by atoms with Crippen molar-refractivity contribution in [3.05, 3.63) is 64.0 Å². The number of fused-ring (bicyclic) bond motifs is 1. The number of anilines is 2. The Hall–Kier alpha value is -3.51. The summed E-state index contributed by atoms with van der Waals surface area (Å²) >= 11 is 1.24. The topological polar surface area (TPSA) is 102 Å². The normalized spacial score (nSPS) is 10.1. The summed E-state index contributed by atoms with van der Waals surface area (Å²) in [5.41, 5.74) is 1.37. The highest BCUT2D eigenvalue weighted by atomic mass is 32.1. The zero-order chi connectivity index (χ0) is 17.1. The number of nitro groups is 1. The number of carbonyl (C=O) groups is 1. The molecule has 0 unspecified atom stereocenters. The summed E-state index contributed by atoms with van der Waals surface area (Å²) in [6, 6.07) is 10.1. The Labute approximate surface area is 139 Å². The van der Waals surface area contributed by atoms with Gasteiger partial charge in [-0.2, -0.15) is 0 Å². The minimum Gasteiger partial charge on any atom is -0.307 e. The third kappa shape index (κ3) is 3.29. The van der Waals surface area contributed by atoms with Crippen LogP contribution < -0.4 is 10.6 Å². The number of benzene rings is 2. The summed E-state index contributed by atoms with van der Waals surface area (Å²) in [5, 5.41) is 16.2. The molecule has 9 heteroatoms. The second-order valence-corrected chi connectivity index (χ2v) is 5.70. The number of nitrogens with zero attached hydrogens (tertiary/aromatic N) is 3. The van der Waals surface area contributed by atoms with Gasteiger partial charge in [-0.25, -0.2) is 14.6 Å². The van der Waals surface area contributed by atoms with E-state index in [1.54, 1.807) is 24.3 Å². The standard InChI is InChI=1S/C15H9N5O3S/c1-16-9-5-6-12-13(8-9)24-15(18-12)19-14(21)17-10-3-2-4-11(7-10)20(22)23/h2-8H,(H2,17,18,19,21). The van der Waals surface area contributed by atoms with E-state index in [9.17, 15) is 14.9 Å². The van der Waals surface area contributed by atoms with Gasteiger partial charge in [0.05, 0.1) is 17.0 Å². The van der Waals surface area contributed by atoms with Crippen molar-refractivity contribution in [1.82, 2.24) is 4.98 Å². The number of hydrogen-bond acceptors (Lipinski definition) is 5. The maximum atomic E-state index is 12.0. The number of carbonyl (C=O) groups excluding carboxylic acids is 1. The molecule has 8 nitrogen and oxygen atoms in total. The van der Waals surface area contributed by atoms with Crippen molar-refractivity contribution in [2.45, 2.75) is 0 Å². The van der Waals surface area contributed by atoms with Crippen molar-refractivity contribution in [2.24, 2.45) is 0 Å². The number of rotatable bonds is 3. The summed E-state index contributed by atoms with van der Waals surface area (Å²) in [7, 11) is 0. The molecule has 1 aromatic heterocycles. The Morgan fingerprint density at radius 1 is 1.25 bits per heavy atom. The van der Waals surface area contributed by atoms with Crippen LogP contribution in [0.25, 0.3) is 15.1 Å². The number of thiazole rings is 1. The van der Waals surface area contributed by atoms with Gasteiger partial charge < -0.3 is 5.32 Å². The second kappa shape index (κ2) is 6.31. The Kier molecular flexibility index (Phi) is 4.05. The van der Waals surface area contributed by atoms with Gasteiger partial charge in [0.2, 0.25) is 0 Å². The molecule has 0 radical (unpaired) electrons. The number of urea groups is 1. The number of hydrogen-bond donors (Lipinski definition) is 2. The van der Waals surface area contributed by atoms with Crippen LogP contribution in [0.1, 0.15) is 0 Å². The molecule has 0 spiro atoms. The van der Waals surface area contributed by atoms with E-state index in [-0.39, 0.29) is 5.69 Å². The van der Waals surface area contributed by atoms with Crippen LogP contribution in [0.4, 0.5) is 27.0 Å². The smallest absolute Gasteiger partial charge is 0.307 e. The molecule has 118 valence electrons. The number of nitro benzene ring substituents is 1. The SMILES string of the molecule is [C-]#[N+]c1ccc2nc(NC(=O)Nc3cccc([N+](=O)[O-])c3)sc2c1. The molecule has 0 aliphatic heterocycles. The molecule has 2 aromatic carbocycles. The first-order chi connectivity index (χ1) is 11.5. The van der Waals surface area contributed by atoms with Gasteiger partial charge in [0.15, 0.2) is 10.8 Å². The summed E-state index contributed by atoms with van der Waals surface area (Å²) in [4.78, 5) is 29.8. The van der Waals surface area contributed by atoms with E-state index in [0.717, 1.165) is 4.70 Å². The summed E-state index contributed by atoms with van der Waals surface area (Å²) < 4.78 is 0.786. The average molecular weight is 339 g/mol. The molecule has 0 aliphatic carbocycles. The highest BCUT2D eigenvalue weighted by molar-refractivity contribution is 7.22. The maximum absolute atomic E-state index is 12.0. The molecule has 24 heavy (non-hydrogen) atoms. The number of amides is 2. The molecular formula is C15H9N5O3S. The minimum absolute atomic E-state index is 0.112. The Morgan fingerprint density at radius 2 is 2.08 bits per heavy atom. The van der Waals surface area contributed by atoms with Crippen LogP contribution in [-0.4, -0.2) is 15.9 Å². The predicted octanol–water partition coefficient (Wildman–Crippen LogP) is 4.40. The Morgan fingerprint density at radius 3 is 2.83 bits per heavy atom. The fraction of sp³-hybridized carbons (Fsp3) is 0. The summed E-state index contributed by atoms with van der Waals surface area (Å²) in [6.45, 7) is 6.99. The Bertz CT molecular complexity index is 992. The fourth-order valence-corrected chi connectivity index (χ4v) is 2.89. The van der Waals surface area contributed by atoms with E-state index >= 15 is 0 Å². The van der Waals surface area contributed by atoms with Crippen molar-refractivity contribution in [3.63, 3.8) is 0 Å². The monoisotopic (exact) mass is 339 g/mol. The summed E-state index contributed by atoms with van der Waals surface area (Å²) in [5.74, 6) is 0. The first kappa shape index (κ1) is 15.4.